The zero-order valence-electron chi connectivity index (χ0n) is 12.1. The Morgan fingerprint density at radius 3 is 2.45 bits per heavy atom. The maximum atomic E-state index is 10.3. The molecule has 1 aromatic rings. The third-order valence-corrected chi connectivity index (χ3v) is 2.90. The van der Waals surface area contributed by atoms with Crippen LogP contribution < -0.4 is 4.90 Å². The average molecular weight is 275 g/mol. The fourth-order valence-electron chi connectivity index (χ4n) is 1.77. The van der Waals surface area contributed by atoms with Crippen molar-refractivity contribution in [2.45, 2.75) is 12.5 Å². The summed E-state index contributed by atoms with van der Waals surface area (Å²) in [5.74, 6) is -0.947. The van der Waals surface area contributed by atoms with E-state index in [9.17, 15) is 4.79 Å². The van der Waals surface area contributed by atoms with Gasteiger partial charge in [-0.15, -0.1) is 0 Å². The summed E-state index contributed by atoms with van der Waals surface area (Å²) in [5.41, 5.74) is 2.24. The van der Waals surface area contributed by atoms with Gasteiger partial charge >= 0.3 is 5.97 Å². The number of carboxylic acid groups (broad SMARTS) is 1. The van der Waals surface area contributed by atoms with E-state index in [0.717, 1.165) is 17.3 Å². The highest BCUT2D eigenvalue weighted by Crippen LogP contribution is 2.23. The molecule has 0 amide bonds. The Kier molecular flexibility index (Phi) is 6.53. The fraction of sp³-hybridized carbons (Fsp3) is 0.312. The number of rotatable bonds is 7. The molecule has 0 radical (unpaired) electrons. The van der Waals surface area contributed by atoms with Crippen molar-refractivity contribution >= 4 is 11.7 Å². The van der Waals surface area contributed by atoms with Crippen LogP contribution in [-0.2, 0) is 9.53 Å². The van der Waals surface area contributed by atoms with Crippen LogP contribution in [0.5, 0.6) is 0 Å². The first-order chi connectivity index (χ1) is 9.54. The standard InChI is InChI=1S/C16H21NO3/c1-17(2)14-11-9-13(10-12-14)15(20-3)7-5-4-6-8-16(18)19/h4-6,8-12,15H,7H2,1-3H3,(H,18,19)/b5-4+,8-6+. The summed E-state index contributed by atoms with van der Waals surface area (Å²) in [6.07, 6.45) is 6.89. The van der Waals surface area contributed by atoms with Crippen LogP contribution in [0.2, 0.25) is 0 Å². The summed E-state index contributed by atoms with van der Waals surface area (Å²) in [5, 5.41) is 8.47. The molecule has 0 saturated carbocycles. The molecule has 0 aromatic heterocycles. The minimum atomic E-state index is -0.947. The molecule has 1 rings (SSSR count). The maximum Gasteiger partial charge on any atom is 0.328 e. The van der Waals surface area contributed by atoms with Crippen molar-refractivity contribution in [2.24, 2.45) is 0 Å². The number of methoxy groups -OCH3 is 1. The van der Waals surface area contributed by atoms with Gasteiger partial charge in [-0.1, -0.05) is 30.4 Å². The second kappa shape index (κ2) is 8.17. The Morgan fingerprint density at radius 2 is 1.95 bits per heavy atom. The number of nitrogens with zero attached hydrogens (tertiary/aromatic N) is 1. The van der Waals surface area contributed by atoms with E-state index in [1.807, 2.05) is 37.2 Å². The number of carbonyl (C=O) groups is 1. The molecule has 1 aromatic carbocycles. The predicted molar refractivity (Wildman–Crippen MR) is 81.1 cm³/mol. The molecule has 0 saturated heterocycles. The molecule has 0 spiro atoms. The van der Waals surface area contributed by atoms with Crippen LogP contribution >= 0.6 is 0 Å². The Hall–Kier alpha value is -2.07. The van der Waals surface area contributed by atoms with Gasteiger partial charge in [0.15, 0.2) is 0 Å². The normalized spacial score (nSPS) is 12.9. The monoisotopic (exact) mass is 275 g/mol. The Bertz CT molecular complexity index is 475. The number of allylic oxidation sites excluding steroid dienone is 2. The SMILES string of the molecule is COC(C/C=C/C=C/C(=O)O)c1ccc(N(C)C)cc1. The third kappa shape index (κ3) is 5.28. The van der Waals surface area contributed by atoms with Gasteiger partial charge in [-0.25, -0.2) is 4.79 Å². The van der Waals surface area contributed by atoms with E-state index >= 15 is 0 Å². The lowest BCUT2D eigenvalue weighted by Gasteiger charge is -2.16. The lowest BCUT2D eigenvalue weighted by molar-refractivity contribution is -0.131. The van der Waals surface area contributed by atoms with Crippen LogP contribution in [0.15, 0.2) is 48.6 Å². The largest absolute Gasteiger partial charge is 0.478 e. The highest BCUT2D eigenvalue weighted by molar-refractivity contribution is 5.80. The molecule has 0 aliphatic rings. The smallest absolute Gasteiger partial charge is 0.328 e. The highest BCUT2D eigenvalue weighted by Gasteiger charge is 2.08. The molecule has 0 fully saturated rings. The molecule has 0 aliphatic carbocycles. The second-order valence-corrected chi connectivity index (χ2v) is 4.57. The van der Waals surface area contributed by atoms with Gasteiger partial charge in [0.05, 0.1) is 6.10 Å². The summed E-state index contributed by atoms with van der Waals surface area (Å²) in [6, 6.07) is 8.19. The van der Waals surface area contributed by atoms with Gasteiger partial charge in [0.2, 0.25) is 0 Å². The van der Waals surface area contributed by atoms with Crippen molar-refractivity contribution in [3.8, 4) is 0 Å². The van der Waals surface area contributed by atoms with E-state index < -0.39 is 5.97 Å². The molecule has 1 atom stereocenters. The van der Waals surface area contributed by atoms with Crippen LogP contribution in [0.1, 0.15) is 18.1 Å². The number of ether oxygens (including phenoxy) is 1. The van der Waals surface area contributed by atoms with E-state index in [4.69, 9.17) is 9.84 Å². The van der Waals surface area contributed by atoms with Crippen molar-refractivity contribution in [3.05, 3.63) is 54.1 Å². The molecule has 4 nitrogen and oxygen atoms in total. The van der Waals surface area contributed by atoms with Crippen LogP contribution in [-0.4, -0.2) is 32.3 Å². The highest BCUT2D eigenvalue weighted by atomic mass is 16.5. The molecule has 1 unspecified atom stereocenters. The molecular weight excluding hydrogens is 254 g/mol. The van der Waals surface area contributed by atoms with Gasteiger partial charge in [-0.2, -0.15) is 0 Å². The fourth-order valence-corrected chi connectivity index (χ4v) is 1.77. The first-order valence-corrected chi connectivity index (χ1v) is 6.40. The van der Waals surface area contributed by atoms with Gasteiger partial charge < -0.3 is 14.7 Å². The number of carboxylic acids is 1. The number of benzene rings is 1. The molecule has 20 heavy (non-hydrogen) atoms. The van der Waals surface area contributed by atoms with E-state index in [-0.39, 0.29) is 6.10 Å². The van der Waals surface area contributed by atoms with Gasteiger partial charge in [0.1, 0.15) is 0 Å². The Labute approximate surface area is 120 Å². The van der Waals surface area contributed by atoms with Crippen molar-refractivity contribution in [2.75, 3.05) is 26.1 Å². The molecule has 108 valence electrons. The molecule has 1 N–H and O–H groups in total. The minimum Gasteiger partial charge on any atom is -0.478 e. The number of hydrogen-bond donors (Lipinski definition) is 1. The quantitative estimate of drug-likeness (QED) is 0.614. The third-order valence-electron chi connectivity index (χ3n) is 2.90. The zero-order valence-corrected chi connectivity index (χ0v) is 12.1. The van der Waals surface area contributed by atoms with E-state index in [2.05, 4.69) is 12.1 Å². The van der Waals surface area contributed by atoms with Crippen molar-refractivity contribution in [1.82, 2.24) is 0 Å². The van der Waals surface area contributed by atoms with Crippen molar-refractivity contribution in [1.29, 1.82) is 0 Å². The van der Waals surface area contributed by atoms with Crippen LogP contribution in [0, 0.1) is 0 Å². The number of aliphatic carboxylic acids is 1. The minimum absolute atomic E-state index is 0.0271. The zero-order chi connectivity index (χ0) is 15.0. The maximum absolute atomic E-state index is 10.3. The lowest BCUT2D eigenvalue weighted by Crippen LogP contribution is -2.08. The summed E-state index contributed by atoms with van der Waals surface area (Å²) >= 11 is 0. The first-order valence-electron chi connectivity index (χ1n) is 6.40. The molecule has 0 bridgehead atoms. The number of hydrogen-bond acceptors (Lipinski definition) is 3. The van der Waals surface area contributed by atoms with Gasteiger partial charge in [-0.3, -0.25) is 0 Å². The van der Waals surface area contributed by atoms with E-state index in [1.54, 1.807) is 13.2 Å². The molecule has 4 heteroatoms. The molecule has 0 aliphatic heterocycles. The van der Waals surface area contributed by atoms with Gasteiger partial charge in [0, 0.05) is 33.0 Å². The van der Waals surface area contributed by atoms with Gasteiger partial charge in [0.25, 0.3) is 0 Å². The Balaban J connectivity index is 2.64. The molecular formula is C16H21NO3. The van der Waals surface area contributed by atoms with Crippen LogP contribution in [0.3, 0.4) is 0 Å². The second-order valence-electron chi connectivity index (χ2n) is 4.57. The van der Waals surface area contributed by atoms with E-state index in [1.165, 1.54) is 6.08 Å². The first kappa shape index (κ1) is 16.0. The average Bonchev–Trinajstić information content (AvgIpc) is 2.42. The lowest BCUT2D eigenvalue weighted by atomic mass is 10.1. The topological polar surface area (TPSA) is 49.8 Å². The van der Waals surface area contributed by atoms with Crippen LogP contribution in [0.25, 0.3) is 0 Å². The number of anilines is 1. The summed E-state index contributed by atoms with van der Waals surface area (Å²) in [4.78, 5) is 12.4. The summed E-state index contributed by atoms with van der Waals surface area (Å²) < 4.78 is 5.46. The summed E-state index contributed by atoms with van der Waals surface area (Å²) in [6.45, 7) is 0. The van der Waals surface area contributed by atoms with Gasteiger partial charge in [-0.05, 0) is 24.1 Å². The van der Waals surface area contributed by atoms with Crippen molar-refractivity contribution < 1.29 is 14.6 Å². The van der Waals surface area contributed by atoms with Crippen molar-refractivity contribution in [3.63, 3.8) is 0 Å². The summed E-state index contributed by atoms with van der Waals surface area (Å²) in [7, 11) is 5.67. The predicted octanol–water partition coefficient (Wildman–Crippen LogP) is 3.03. The molecule has 0 heterocycles. The van der Waals surface area contributed by atoms with Crippen LogP contribution in [0.4, 0.5) is 5.69 Å². The Morgan fingerprint density at radius 1 is 1.30 bits per heavy atom. The van der Waals surface area contributed by atoms with E-state index in [0.29, 0.717) is 6.42 Å².